The van der Waals surface area contributed by atoms with E-state index in [2.05, 4.69) is 6.58 Å². The molecule has 22 heavy (non-hydrogen) atoms. The van der Waals surface area contributed by atoms with Gasteiger partial charge in [0.15, 0.2) is 0 Å². The highest BCUT2D eigenvalue weighted by Crippen LogP contribution is 2.59. The van der Waals surface area contributed by atoms with Crippen LogP contribution in [0.5, 0.6) is 0 Å². The molecule has 1 rings (SSSR count). The quantitative estimate of drug-likeness (QED) is 0.413. The lowest BCUT2D eigenvalue weighted by Gasteiger charge is -2.31. The zero-order valence-electron chi connectivity index (χ0n) is 13.4. The summed E-state index contributed by atoms with van der Waals surface area (Å²) < 4.78 is 28.0. The summed E-state index contributed by atoms with van der Waals surface area (Å²) in [5, 5.41) is 0. The average Bonchev–Trinajstić information content (AvgIpc) is 2.54. The van der Waals surface area contributed by atoms with Gasteiger partial charge in [0.25, 0.3) is 0 Å². The lowest BCUT2D eigenvalue weighted by atomic mass is 9.89. The number of ether oxygens (including phenoxy) is 1. The van der Waals surface area contributed by atoms with Crippen molar-refractivity contribution in [3.05, 3.63) is 48.0 Å². The number of carbonyl (C=O) groups excluding carboxylic acids is 1. The van der Waals surface area contributed by atoms with Gasteiger partial charge in [-0.25, -0.2) is 0 Å². The van der Waals surface area contributed by atoms with E-state index in [0.29, 0.717) is 5.57 Å². The molecule has 0 saturated carbocycles. The van der Waals surface area contributed by atoms with E-state index >= 15 is 0 Å². The number of carbonyl (C=O) groups is 1. The zero-order chi connectivity index (χ0) is 16.8. The molecule has 1 aromatic carbocycles. The van der Waals surface area contributed by atoms with Gasteiger partial charge >= 0.3 is 13.6 Å². The van der Waals surface area contributed by atoms with Gasteiger partial charge in [-0.3, -0.25) is 9.36 Å². The first kappa shape index (κ1) is 18.6. The van der Waals surface area contributed by atoms with Crippen LogP contribution in [0.3, 0.4) is 0 Å². The minimum atomic E-state index is -3.44. The predicted octanol–water partition coefficient (Wildman–Crippen LogP) is 3.76. The Labute approximate surface area is 131 Å². The summed E-state index contributed by atoms with van der Waals surface area (Å²) in [6, 6.07) is 9.35. The van der Waals surface area contributed by atoms with Crippen LogP contribution in [0.1, 0.15) is 24.8 Å². The summed E-state index contributed by atoms with van der Waals surface area (Å²) in [6.07, 6.45) is 0.0642. The Bertz CT molecular complexity index is 547. The van der Waals surface area contributed by atoms with Crippen molar-refractivity contribution < 1.29 is 23.1 Å². The Balaban J connectivity index is 3.35. The highest BCUT2D eigenvalue weighted by Gasteiger charge is 2.42. The minimum absolute atomic E-state index is 0.0642. The maximum absolute atomic E-state index is 12.9. The fourth-order valence-electron chi connectivity index (χ4n) is 2.51. The molecule has 0 aromatic heterocycles. The minimum Gasteiger partial charge on any atom is -0.469 e. The first-order chi connectivity index (χ1) is 10.4. The van der Waals surface area contributed by atoms with Crippen LogP contribution in [0, 0.1) is 0 Å². The van der Waals surface area contributed by atoms with Gasteiger partial charge in [-0.1, -0.05) is 42.5 Å². The van der Waals surface area contributed by atoms with Crippen molar-refractivity contribution in [3.63, 3.8) is 0 Å². The van der Waals surface area contributed by atoms with Gasteiger partial charge in [0.2, 0.25) is 0 Å². The van der Waals surface area contributed by atoms with Crippen LogP contribution < -0.4 is 0 Å². The first-order valence-corrected chi connectivity index (χ1v) is 8.49. The second-order valence-electron chi connectivity index (χ2n) is 4.99. The molecule has 0 aliphatic rings. The van der Waals surface area contributed by atoms with Crippen molar-refractivity contribution in [2.24, 2.45) is 0 Å². The molecule has 0 amide bonds. The van der Waals surface area contributed by atoms with Gasteiger partial charge in [0, 0.05) is 20.1 Å². The summed E-state index contributed by atoms with van der Waals surface area (Å²) in [7, 11) is 0.550. The van der Waals surface area contributed by atoms with Gasteiger partial charge in [-0.15, -0.1) is 0 Å². The Hall–Kier alpha value is -1.42. The third-order valence-corrected chi connectivity index (χ3v) is 6.08. The van der Waals surface area contributed by atoms with Crippen molar-refractivity contribution >= 4 is 13.6 Å². The molecule has 0 aliphatic carbocycles. The van der Waals surface area contributed by atoms with E-state index in [-0.39, 0.29) is 12.4 Å². The van der Waals surface area contributed by atoms with Crippen molar-refractivity contribution in [1.29, 1.82) is 0 Å². The highest BCUT2D eigenvalue weighted by atomic mass is 31.2. The molecule has 0 spiro atoms. The molecule has 0 heterocycles. The van der Waals surface area contributed by atoms with E-state index in [0.717, 1.165) is 5.56 Å². The maximum Gasteiger partial charge on any atom is 0.337 e. The smallest absolute Gasteiger partial charge is 0.337 e. The number of esters is 1. The lowest BCUT2D eigenvalue weighted by molar-refractivity contribution is -0.141. The Kier molecular flexibility index (Phi) is 7.01. The Morgan fingerprint density at radius 3 is 2.14 bits per heavy atom. The molecule has 0 aliphatic heterocycles. The van der Waals surface area contributed by atoms with Gasteiger partial charge in [0.1, 0.15) is 0 Å². The molecule has 1 aromatic rings. The van der Waals surface area contributed by atoms with E-state index in [4.69, 9.17) is 13.8 Å². The molecular weight excluding hydrogens is 303 g/mol. The summed E-state index contributed by atoms with van der Waals surface area (Å²) in [5.41, 5.74) is 0.851. The summed E-state index contributed by atoms with van der Waals surface area (Å²) in [6.45, 7) is 5.67. The standard InChI is InChI=1S/C16H23O5P/c1-12(2)16(22(18,20-4)21-5)14(11-15(17)19-3)13-9-7-6-8-10-13/h6-10,14,16H,1,11H2,2-5H3. The highest BCUT2D eigenvalue weighted by molar-refractivity contribution is 7.55. The topological polar surface area (TPSA) is 61.8 Å². The molecule has 2 atom stereocenters. The first-order valence-electron chi connectivity index (χ1n) is 6.88. The molecule has 5 nitrogen and oxygen atoms in total. The fourth-order valence-corrected chi connectivity index (χ4v) is 4.37. The van der Waals surface area contributed by atoms with Crippen LogP contribution in [0.2, 0.25) is 0 Å². The number of methoxy groups -OCH3 is 1. The van der Waals surface area contributed by atoms with Crippen LogP contribution in [0.25, 0.3) is 0 Å². The van der Waals surface area contributed by atoms with E-state index < -0.39 is 19.2 Å². The zero-order valence-corrected chi connectivity index (χ0v) is 14.3. The van der Waals surface area contributed by atoms with Crippen molar-refractivity contribution in [1.82, 2.24) is 0 Å². The molecule has 2 unspecified atom stereocenters. The molecule has 0 saturated heterocycles. The molecule has 0 fully saturated rings. The normalized spacial score (nSPS) is 14.2. The van der Waals surface area contributed by atoms with E-state index in [1.165, 1.54) is 21.3 Å². The Morgan fingerprint density at radius 1 is 1.18 bits per heavy atom. The van der Waals surface area contributed by atoms with Gasteiger partial charge in [-0.05, 0) is 12.5 Å². The lowest BCUT2D eigenvalue weighted by Crippen LogP contribution is -2.25. The van der Waals surface area contributed by atoms with E-state index in [1.807, 2.05) is 30.3 Å². The van der Waals surface area contributed by atoms with Crippen LogP contribution in [-0.4, -0.2) is 33.0 Å². The summed E-state index contributed by atoms with van der Waals surface area (Å²) in [5.74, 6) is -0.796. The molecular formula is C16H23O5P. The molecule has 122 valence electrons. The molecule has 0 radical (unpaired) electrons. The number of allylic oxidation sites excluding steroid dienone is 1. The SMILES string of the molecule is C=C(C)C(C(CC(=O)OC)c1ccccc1)P(=O)(OC)OC. The van der Waals surface area contributed by atoms with Gasteiger partial charge < -0.3 is 13.8 Å². The third kappa shape index (κ3) is 4.29. The number of rotatable bonds is 8. The summed E-state index contributed by atoms with van der Waals surface area (Å²) in [4.78, 5) is 11.8. The van der Waals surface area contributed by atoms with E-state index in [1.54, 1.807) is 6.92 Å². The van der Waals surface area contributed by atoms with Gasteiger partial charge in [0.05, 0.1) is 19.2 Å². The van der Waals surface area contributed by atoms with Crippen LogP contribution in [0.4, 0.5) is 0 Å². The predicted molar refractivity (Wildman–Crippen MR) is 86.0 cm³/mol. The summed E-state index contributed by atoms with van der Waals surface area (Å²) >= 11 is 0. The third-order valence-electron chi connectivity index (χ3n) is 3.58. The maximum atomic E-state index is 12.9. The number of hydrogen-bond donors (Lipinski definition) is 0. The van der Waals surface area contributed by atoms with Crippen LogP contribution >= 0.6 is 7.60 Å². The largest absolute Gasteiger partial charge is 0.469 e. The number of benzene rings is 1. The van der Waals surface area contributed by atoms with Crippen molar-refractivity contribution in [3.8, 4) is 0 Å². The second-order valence-corrected chi connectivity index (χ2v) is 7.36. The van der Waals surface area contributed by atoms with Crippen molar-refractivity contribution in [2.45, 2.75) is 24.9 Å². The fraction of sp³-hybridized carbons (Fsp3) is 0.438. The molecule has 6 heteroatoms. The Morgan fingerprint density at radius 2 is 1.73 bits per heavy atom. The second kappa shape index (κ2) is 8.28. The monoisotopic (exact) mass is 326 g/mol. The number of hydrogen-bond acceptors (Lipinski definition) is 5. The molecule has 0 N–H and O–H groups in total. The van der Waals surface area contributed by atoms with Crippen molar-refractivity contribution in [2.75, 3.05) is 21.3 Å². The van der Waals surface area contributed by atoms with Gasteiger partial charge in [-0.2, -0.15) is 0 Å². The van der Waals surface area contributed by atoms with Crippen LogP contribution in [0.15, 0.2) is 42.5 Å². The molecule has 0 bridgehead atoms. The van der Waals surface area contributed by atoms with Crippen LogP contribution in [-0.2, 0) is 23.1 Å². The average molecular weight is 326 g/mol. The van der Waals surface area contributed by atoms with E-state index in [9.17, 15) is 9.36 Å².